The summed E-state index contributed by atoms with van der Waals surface area (Å²) in [5.41, 5.74) is 0.00765. The lowest BCUT2D eigenvalue weighted by atomic mass is 9.94. The van der Waals surface area contributed by atoms with Gasteiger partial charge >= 0.3 is 6.18 Å². The fourth-order valence-corrected chi connectivity index (χ4v) is 4.51. The van der Waals surface area contributed by atoms with Crippen molar-refractivity contribution in [2.45, 2.75) is 18.8 Å². The molecule has 0 bridgehead atoms. The van der Waals surface area contributed by atoms with E-state index in [-0.39, 0.29) is 23.4 Å². The molecule has 5 nitrogen and oxygen atoms in total. The molecule has 1 aliphatic heterocycles. The molecule has 1 unspecified atom stereocenters. The number of alkyl halides is 3. The molecule has 1 aliphatic rings. The van der Waals surface area contributed by atoms with Gasteiger partial charge in [-0.2, -0.15) is 13.2 Å². The highest BCUT2D eigenvalue weighted by Gasteiger charge is 2.44. The van der Waals surface area contributed by atoms with Gasteiger partial charge in [0.05, 0.1) is 17.2 Å². The number of aliphatic hydroxyl groups is 1. The maximum absolute atomic E-state index is 13.6. The Balaban J connectivity index is 1.57. The third-order valence-corrected chi connectivity index (χ3v) is 6.21. The zero-order valence-electron chi connectivity index (χ0n) is 18.4. The van der Waals surface area contributed by atoms with Crippen LogP contribution < -0.4 is 0 Å². The average Bonchev–Trinajstić information content (AvgIpc) is 3.38. The molecule has 1 atom stereocenters. The van der Waals surface area contributed by atoms with Crippen molar-refractivity contribution in [2.75, 3.05) is 0 Å². The fourth-order valence-electron chi connectivity index (χ4n) is 4.33. The Labute approximate surface area is 208 Å². The van der Waals surface area contributed by atoms with Crippen LogP contribution in [0.3, 0.4) is 0 Å². The van der Waals surface area contributed by atoms with Crippen LogP contribution in [0.25, 0.3) is 11.0 Å². The molecule has 2 heterocycles. The summed E-state index contributed by atoms with van der Waals surface area (Å²) in [5.74, 6) is -2.47. The van der Waals surface area contributed by atoms with Crippen molar-refractivity contribution in [3.63, 3.8) is 0 Å². The molecule has 3 aromatic carbocycles. The summed E-state index contributed by atoms with van der Waals surface area (Å²) in [6.45, 7) is -0.265. The van der Waals surface area contributed by atoms with Crippen molar-refractivity contribution in [2.24, 2.45) is 0 Å². The van der Waals surface area contributed by atoms with E-state index in [2.05, 4.69) is 0 Å². The van der Waals surface area contributed by atoms with Gasteiger partial charge in [0.1, 0.15) is 5.58 Å². The molecule has 4 aromatic rings. The second-order valence-corrected chi connectivity index (χ2v) is 8.77. The number of ketones is 1. The van der Waals surface area contributed by atoms with Crippen molar-refractivity contribution in [1.82, 2.24) is 4.90 Å². The molecular formula is C27H17ClF3NO4. The van der Waals surface area contributed by atoms with Crippen LogP contribution in [0.1, 0.15) is 33.3 Å². The largest absolute Gasteiger partial charge is 0.503 e. The number of aliphatic hydroxyl groups excluding tert-OH is 1. The predicted octanol–water partition coefficient (Wildman–Crippen LogP) is 6.88. The first-order valence-corrected chi connectivity index (χ1v) is 11.2. The number of rotatable bonds is 5. The molecule has 1 N–H and O–H groups in total. The number of furan rings is 1. The molecule has 0 aliphatic carbocycles. The van der Waals surface area contributed by atoms with E-state index in [0.717, 1.165) is 12.1 Å². The number of amides is 1. The lowest BCUT2D eigenvalue weighted by Gasteiger charge is -2.27. The Hall–Kier alpha value is -4.04. The Kier molecular flexibility index (Phi) is 5.84. The molecule has 36 heavy (non-hydrogen) atoms. The first-order valence-electron chi connectivity index (χ1n) is 10.8. The summed E-state index contributed by atoms with van der Waals surface area (Å²) in [4.78, 5) is 27.9. The predicted molar refractivity (Wildman–Crippen MR) is 126 cm³/mol. The SMILES string of the molecule is O=C(C1=C(O)C(=O)N(Cc2cccc(C(F)(F)F)c2)C1c1ccccc1)c1cc2cc(Cl)ccc2o1. The first-order chi connectivity index (χ1) is 17.1. The Morgan fingerprint density at radius 2 is 1.75 bits per heavy atom. The van der Waals surface area contributed by atoms with E-state index in [9.17, 15) is 27.9 Å². The summed E-state index contributed by atoms with van der Waals surface area (Å²) in [7, 11) is 0. The summed E-state index contributed by atoms with van der Waals surface area (Å²) in [6.07, 6.45) is -4.56. The molecule has 182 valence electrons. The Morgan fingerprint density at radius 1 is 1.00 bits per heavy atom. The van der Waals surface area contributed by atoms with Crippen LogP contribution in [0.5, 0.6) is 0 Å². The van der Waals surface area contributed by atoms with E-state index in [1.807, 2.05) is 0 Å². The van der Waals surface area contributed by atoms with Crippen molar-refractivity contribution >= 4 is 34.3 Å². The van der Waals surface area contributed by atoms with Crippen LogP contribution >= 0.6 is 11.6 Å². The fraction of sp³-hybridized carbons (Fsp3) is 0.111. The van der Waals surface area contributed by atoms with Gasteiger partial charge in [-0.25, -0.2) is 0 Å². The zero-order valence-corrected chi connectivity index (χ0v) is 19.2. The first kappa shape index (κ1) is 23.7. The van der Waals surface area contributed by atoms with Gasteiger partial charge in [0.15, 0.2) is 11.5 Å². The zero-order chi connectivity index (χ0) is 25.6. The monoisotopic (exact) mass is 511 g/mol. The van der Waals surface area contributed by atoms with E-state index in [1.165, 1.54) is 23.1 Å². The van der Waals surface area contributed by atoms with Crippen molar-refractivity contribution in [1.29, 1.82) is 0 Å². The minimum atomic E-state index is -4.56. The molecule has 0 saturated heterocycles. The number of carbonyl (C=O) groups excluding carboxylic acids is 2. The van der Waals surface area contributed by atoms with Crippen LogP contribution in [0.4, 0.5) is 13.2 Å². The quantitative estimate of drug-likeness (QED) is 0.296. The Morgan fingerprint density at radius 3 is 2.47 bits per heavy atom. The molecule has 1 aromatic heterocycles. The maximum atomic E-state index is 13.6. The summed E-state index contributed by atoms with van der Waals surface area (Å²) in [6, 6.07) is 18.3. The van der Waals surface area contributed by atoms with Crippen LogP contribution in [-0.2, 0) is 17.5 Å². The van der Waals surface area contributed by atoms with Gasteiger partial charge < -0.3 is 14.4 Å². The highest BCUT2D eigenvalue weighted by Crippen LogP contribution is 2.41. The Bertz CT molecular complexity index is 1530. The second-order valence-electron chi connectivity index (χ2n) is 8.33. The summed E-state index contributed by atoms with van der Waals surface area (Å²) in [5, 5.41) is 11.8. The normalized spacial score (nSPS) is 16.3. The molecular weight excluding hydrogens is 495 g/mol. The molecule has 1 amide bonds. The van der Waals surface area contributed by atoms with Gasteiger partial charge in [0.2, 0.25) is 5.78 Å². The second kappa shape index (κ2) is 8.87. The number of fused-ring (bicyclic) bond motifs is 1. The highest BCUT2D eigenvalue weighted by atomic mass is 35.5. The molecule has 5 rings (SSSR count). The van der Waals surface area contributed by atoms with E-state index in [4.69, 9.17) is 16.0 Å². The topological polar surface area (TPSA) is 70.8 Å². The number of halogens is 4. The number of nitrogens with zero attached hydrogens (tertiary/aromatic N) is 1. The van der Waals surface area contributed by atoms with Crippen LogP contribution in [-0.4, -0.2) is 21.7 Å². The van der Waals surface area contributed by atoms with E-state index >= 15 is 0 Å². The van der Waals surface area contributed by atoms with Gasteiger partial charge in [-0.3, -0.25) is 9.59 Å². The number of hydrogen-bond acceptors (Lipinski definition) is 4. The molecule has 0 spiro atoms. The highest BCUT2D eigenvalue weighted by molar-refractivity contribution is 6.31. The molecule has 9 heteroatoms. The lowest BCUT2D eigenvalue weighted by molar-refractivity contribution is -0.137. The van der Waals surface area contributed by atoms with Gasteiger partial charge in [0, 0.05) is 17.0 Å². The van der Waals surface area contributed by atoms with Gasteiger partial charge in [-0.15, -0.1) is 0 Å². The van der Waals surface area contributed by atoms with E-state index in [0.29, 0.717) is 21.6 Å². The van der Waals surface area contributed by atoms with Crippen molar-refractivity contribution in [3.05, 3.63) is 118 Å². The standard InChI is InChI=1S/C27H17ClF3NO4/c28-19-9-10-20-17(12-19)13-21(36-20)24(33)22-23(16-6-2-1-3-7-16)32(26(35)25(22)34)14-15-5-4-8-18(11-15)27(29,30)31/h1-13,23,34H,14H2. The smallest absolute Gasteiger partial charge is 0.416 e. The minimum absolute atomic E-state index is 0.108. The van der Waals surface area contributed by atoms with Crippen LogP contribution in [0.15, 0.2) is 94.6 Å². The van der Waals surface area contributed by atoms with Gasteiger partial charge in [-0.05, 0) is 47.5 Å². The maximum Gasteiger partial charge on any atom is 0.416 e. The summed E-state index contributed by atoms with van der Waals surface area (Å²) < 4.78 is 45.4. The van der Waals surface area contributed by atoms with Crippen LogP contribution in [0, 0.1) is 0 Å². The van der Waals surface area contributed by atoms with Crippen molar-refractivity contribution in [3.8, 4) is 0 Å². The lowest BCUT2D eigenvalue weighted by Crippen LogP contribution is -2.30. The van der Waals surface area contributed by atoms with E-state index in [1.54, 1.807) is 48.5 Å². The molecule has 0 saturated carbocycles. The third-order valence-electron chi connectivity index (χ3n) is 5.97. The average molecular weight is 512 g/mol. The third kappa shape index (κ3) is 4.24. The van der Waals surface area contributed by atoms with Crippen molar-refractivity contribution < 1.29 is 32.3 Å². The van der Waals surface area contributed by atoms with Gasteiger partial charge in [0.25, 0.3) is 5.91 Å². The van der Waals surface area contributed by atoms with Gasteiger partial charge in [-0.1, -0.05) is 54.1 Å². The minimum Gasteiger partial charge on any atom is -0.503 e. The number of hydrogen-bond donors (Lipinski definition) is 1. The summed E-state index contributed by atoms with van der Waals surface area (Å²) >= 11 is 6.02. The molecule has 0 fully saturated rings. The number of Topliss-reactive ketones (excluding diaryl/α,β-unsaturated/α-hetero) is 1. The molecule has 0 radical (unpaired) electrons. The van der Waals surface area contributed by atoms with Crippen LogP contribution in [0.2, 0.25) is 5.02 Å². The number of carbonyl (C=O) groups is 2. The van der Waals surface area contributed by atoms with E-state index < -0.39 is 35.2 Å². The number of benzene rings is 3.